The summed E-state index contributed by atoms with van der Waals surface area (Å²) in [5.74, 6) is 0.0230. The number of benzene rings is 1. The highest BCUT2D eigenvalue weighted by molar-refractivity contribution is 6.31. The van der Waals surface area contributed by atoms with Gasteiger partial charge in [0.2, 0.25) is 0 Å². The topological polar surface area (TPSA) is 46.3 Å². The second-order valence-electron chi connectivity index (χ2n) is 4.26. The van der Waals surface area contributed by atoms with E-state index in [2.05, 4.69) is 0 Å². The van der Waals surface area contributed by atoms with E-state index < -0.39 is 0 Å². The summed E-state index contributed by atoms with van der Waals surface area (Å²) in [6.45, 7) is 3.30. The maximum Gasteiger partial charge on any atom is 0.253 e. The lowest BCUT2D eigenvalue weighted by molar-refractivity contribution is 0.0791. The number of halogens is 2. The zero-order valence-corrected chi connectivity index (χ0v) is 11.2. The molecule has 0 aromatic heterocycles. The third-order valence-corrected chi connectivity index (χ3v) is 3.34. The van der Waals surface area contributed by atoms with Crippen LogP contribution in [0.2, 0.25) is 5.02 Å². The van der Waals surface area contributed by atoms with Crippen molar-refractivity contribution in [2.45, 2.75) is 19.4 Å². The van der Waals surface area contributed by atoms with Gasteiger partial charge < -0.3 is 10.6 Å². The van der Waals surface area contributed by atoms with Gasteiger partial charge in [0.15, 0.2) is 0 Å². The van der Waals surface area contributed by atoms with Crippen LogP contribution < -0.4 is 5.73 Å². The molecular formula is C12H16Cl2N2O. The van der Waals surface area contributed by atoms with Crippen molar-refractivity contribution in [1.82, 2.24) is 4.90 Å². The molecule has 0 saturated carbocycles. The van der Waals surface area contributed by atoms with E-state index in [4.69, 9.17) is 17.3 Å². The fraction of sp³-hybridized carbons (Fsp3) is 0.417. The summed E-state index contributed by atoms with van der Waals surface area (Å²) in [6.07, 6.45) is 0.880. The third-order valence-electron chi connectivity index (χ3n) is 2.93. The highest BCUT2D eigenvalue weighted by Crippen LogP contribution is 2.19. The Morgan fingerprint density at radius 2 is 2.24 bits per heavy atom. The fourth-order valence-electron chi connectivity index (χ4n) is 1.88. The number of likely N-dealkylation sites (tertiary alicyclic amines) is 1. The van der Waals surface area contributed by atoms with Crippen molar-refractivity contribution < 1.29 is 4.79 Å². The number of nitrogens with two attached hydrogens (primary N) is 1. The lowest BCUT2D eigenvalue weighted by Gasteiger charge is -2.16. The van der Waals surface area contributed by atoms with E-state index in [0.717, 1.165) is 18.5 Å². The predicted molar refractivity (Wildman–Crippen MR) is 71.9 cm³/mol. The Morgan fingerprint density at radius 3 is 2.76 bits per heavy atom. The maximum absolute atomic E-state index is 12.1. The Morgan fingerprint density at radius 1 is 1.53 bits per heavy atom. The molecule has 0 spiro atoms. The number of rotatable bonds is 1. The Balaban J connectivity index is 0.00000144. The lowest BCUT2D eigenvalue weighted by atomic mass is 10.1. The average molecular weight is 275 g/mol. The lowest BCUT2D eigenvalue weighted by Crippen LogP contribution is -2.31. The predicted octanol–water partition coefficient (Wildman–Crippen LogP) is 2.24. The first-order valence-corrected chi connectivity index (χ1v) is 5.76. The molecule has 2 N–H and O–H groups in total. The van der Waals surface area contributed by atoms with Crippen LogP contribution in [0.4, 0.5) is 0 Å². The standard InChI is InChI=1S/C12H15ClN2O.ClH/c1-8-2-3-9(6-11(8)13)12(16)15-5-4-10(14)7-15;/h2-3,6,10H,4-5,7,14H2,1H3;1H/t10-;/m1./s1. The van der Waals surface area contributed by atoms with Crippen LogP contribution in [0.25, 0.3) is 0 Å². The summed E-state index contributed by atoms with van der Waals surface area (Å²) >= 11 is 6.00. The van der Waals surface area contributed by atoms with E-state index in [1.807, 2.05) is 19.1 Å². The van der Waals surface area contributed by atoms with Crippen LogP contribution in [0.1, 0.15) is 22.3 Å². The summed E-state index contributed by atoms with van der Waals surface area (Å²) in [5, 5.41) is 0.634. The van der Waals surface area contributed by atoms with Gasteiger partial charge in [0.05, 0.1) is 0 Å². The van der Waals surface area contributed by atoms with Crippen LogP contribution in [-0.2, 0) is 0 Å². The van der Waals surface area contributed by atoms with E-state index in [9.17, 15) is 4.79 Å². The van der Waals surface area contributed by atoms with Crippen LogP contribution in [0, 0.1) is 6.92 Å². The molecule has 1 aromatic carbocycles. The number of carbonyl (C=O) groups is 1. The van der Waals surface area contributed by atoms with Crippen molar-refractivity contribution in [3.8, 4) is 0 Å². The molecule has 1 fully saturated rings. The molecule has 1 saturated heterocycles. The Labute approximate surface area is 112 Å². The minimum absolute atomic E-state index is 0. The molecule has 94 valence electrons. The highest BCUT2D eigenvalue weighted by atomic mass is 35.5. The Bertz CT molecular complexity index is 423. The first-order valence-electron chi connectivity index (χ1n) is 5.39. The monoisotopic (exact) mass is 274 g/mol. The van der Waals surface area contributed by atoms with Gasteiger partial charge in [0.25, 0.3) is 5.91 Å². The molecule has 1 aliphatic heterocycles. The van der Waals surface area contributed by atoms with Gasteiger partial charge in [-0.3, -0.25) is 4.79 Å². The van der Waals surface area contributed by atoms with Crippen molar-refractivity contribution in [3.63, 3.8) is 0 Å². The summed E-state index contributed by atoms with van der Waals surface area (Å²) in [7, 11) is 0. The number of nitrogens with zero attached hydrogens (tertiary/aromatic N) is 1. The summed E-state index contributed by atoms with van der Waals surface area (Å²) in [5.41, 5.74) is 7.40. The molecule has 0 aliphatic carbocycles. The van der Waals surface area contributed by atoms with Crippen molar-refractivity contribution in [2.75, 3.05) is 13.1 Å². The van der Waals surface area contributed by atoms with Gasteiger partial charge in [-0.05, 0) is 31.0 Å². The number of hydrogen-bond donors (Lipinski definition) is 1. The normalized spacial score (nSPS) is 19.0. The van der Waals surface area contributed by atoms with E-state index >= 15 is 0 Å². The summed E-state index contributed by atoms with van der Waals surface area (Å²) in [4.78, 5) is 13.9. The molecule has 2 rings (SSSR count). The molecule has 1 aliphatic rings. The maximum atomic E-state index is 12.1. The van der Waals surface area contributed by atoms with Crippen LogP contribution in [-0.4, -0.2) is 29.9 Å². The average Bonchev–Trinajstić information content (AvgIpc) is 2.68. The minimum Gasteiger partial charge on any atom is -0.337 e. The largest absolute Gasteiger partial charge is 0.337 e. The van der Waals surface area contributed by atoms with Gasteiger partial charge in [-0.15, -0.1) is 12.4 Å². The zero-order chi connectivity index (χ0) is 11.7. The molecule has 0 unspecified atom stereocenters. The van der Waals surface area contributed by atoms with Gasteiger partial charge in [0.1, 0.15) is 0 Å². The van der Waals surface area contributed by atoms with Crippen LogP contribution in [0.15, 0.2) is 18.2 Å². The zero-order valence-electron chi connectivity index (χ0n) is 9.65. The molecule has 0 bridgehead atoms. The summed E-state index contributed by atoms with van der Waals surface area (Å²) < 4.78 is 0. The van der Waals surface area contributed by atoms with Gasteiger partial charge >= 0.3 is 0 Å². The molecule has 1 amide bonds. The van der Waals surface area contributed by atoms with Crippen LogP contribution >= 0.6 is 24.0 Å². The van der Waals surface area contributed by atoms with E-state index in [1.54, 1.807) is 11.0 Å². The Kier molecular flexibility index (Phi) is 4.80. The van der Waals surface area contributed by atoms with Gasteiger partial charge in [0, 0.05) is 29.7 Å². The highest BCUT2D eigenvalue weighted by Gasteiger charge is 2.24. The Hall–Kier alpha value is -0.770. The van der Waals surface area contributed by atoms with Crippen molar-refractivity contribution in [1.29, 1.82) is 0 Å². The molecule has 5 heteroatoms. The fourth-order valence-corrected chi connectivity index (χ4v) is 2.06. The second kappa shape index (κ2) is 5.71. The first-order chi connectivity index (χ1) is 7.58. The number of carbonyl (C=O) groups excluding carboxylic acids is 1. The van der Waals surface area contributed by atoms with Crippen LogP contribution in [0.3, 0.4) is 0 Å². The molecule has 3 nitrogen and oxygen atoms in total. The van der Waals surface area contributed by atoms with Crippen LogP contribution in [0.5, 0.6) is 0 Å². The molecular weight excluding hydrogens is 259 g/mol. The van der Waals surface area contributed by atoms with E-state index in [1.165, 1.54) is 0 Å². The number of amides is 1. The van der Waals surface area contributed by atoms with Gasteiger partial charge in [-0.1, -0.05) is 17.7 Å². The first kappa shape index (κ1) is 14.3. The van der Waals surface area contributed by atoms with Crippen molar-refractivity contribution in [3.05, 3.63) is 34.3 Å². The third kappa shape index (κ3) is 3.12. The van der Waals surface area contributed by atoms with Gasteiger partial charge in [-0.2, -0.15) is 0 Å². The van der Waals surface area contributed by atoms with E-state index in [0.29, 0.717) is 17.1 Å². The molecule has 1 aromatic rings. The SMILES string of the molecule is Cc1ccc(C(=O)N2CC[C@@H](N)C2)cc1Cl.Cl. The molecule has 17 heavy (non-hydrogen) atoms. The minimum atomic E-state index is 0. The quantitative estimate of drug-likeness (QED) is 0.854. The van der Waals surface area contributed by atoms with Gasteiger partial charge in [-0.25, -0.2) is 0 Å². The molecule has 1 heterocycles. The molecule has 1 atom stereocenters. The van der Waals surface area contributed by atoms with E-state index in [-0.39, 0.29) is 24.4 Å². The number of aryl methyl sites for hydroxylation is 1. The second-order valence-corrected chi connectivity index (χ2v) is 4.67. The van der Waals surface area contributed by atoms with Crippen molar-refractivity contribution in [2.24, 2.45) is 5.73 Å². The number of hydrogen-bond acceptors (Lipinski definition) is 2. The smallest absolute Gasteiger partial charge is 0.253 e. The van der Waals surface area contributed by atoms with Crippen molar-refractivity contribution >= 4 is 29.9 Å². The molecule has 0 radical (unpaired) electrons. The summed E-state index contributed by atoms with van der Waals surface area (Å²) in [6, 6.07) is 5.52.